The number of ether oxygens (including phenoxy) is 1. The number of anilines is 1. The van der Waals surface area contributed by atoms with Crippen molar-refractivity contribution in [2.24, 2.45) is 0 Å². The molecular weight excluding hydrogens is 372 g/mol. The van der Waals surface area contributed by atoms with Crippen molar-refractivity contribution in [1.82, 2.24) is 10.2 Å². The molecule has 8 heteroatoms. The van der Waals surface area contributed by atoms with Crippen LogP contribution in [0.3, 0.4) is 0 Å². The lowest BCUT2D eigenvalue weighted by Gasteiger charge is -2.22. The molecule has 1 atom stereocenters. The summed E-state index contributed by atoms with van der Waals surface area (Å²) in [6.45, 7) is 1.19. The van der Waals surface area contributed by atoms with Gasteiger partial charge in [-0.25, -0.2) is 4.79 Å². The van der Waals surface area contributed by atoms with Crippen molar-refractivity contribution in [3.63, 3.8) is 0 Å². The molecule has 3 rings (SSSR count). The van der Waals surface area contributed by atoms with Crippen molar-refractivity contribution >= 4 is 23.5 Å². The maximum Gasteiger partial charge on any atom is 0.325 e. The lowest BCUT2D eigenvalue weighted by Crippen LogP contribution is -2.42. The minimum absolute atomic E-state index is 0.278. The zero-order valence-corrected chi connectivity index (χ0v) is 16.1. The first-order valence-electron chi connectivity index (χ1n) is 8.92. The van der Waals surface area contributed by atoms with Gasteiger partial charge in [0.05, 0.1) is 19.6 Å². The molecule has 0 bridgehead atoms. The van der Waals surface area contributed by atoms with E-state index in [0.29, 0.717) is 17.0 Å². The predicted molar refractivity (Wildman–Crippen MR) is 105 cm³/mol. The van der Waals surface area contributed by atoms with Crippen LogP contribution < -0.4 is 15.4 Å². The van der Waals surface area contributed by atoms with E-state index in [9.17, 15) is 14.4 Å². The molecule has 2 aromatic rings. The van der Waals surface area contributed by atoms with Gasteiger partial charge in [-0.15, -0.1) is 0 Å². The van der Waals surface area contributed by atoms with E-state index in [-0.39, 0.29) is 6.42 Å². The standard InChI is InChI=1S/C21H20N4O4/c1-21(15-5-9-17(29-2)10-6-15)19(27)25(20(28)24-21)13-18(26)23-16-7-3-14(4-8-16)11-12-22/h3-10H,11,13H2,1-2H3,(H,23,26)(H,24,28)/t21-/m0/s1. The van der Waals surface area contributed by atoms with Gasteiger partial charge in [0.15, 0.2) is 0 Å². The van der Waals surface area contributed by atoms with E-state index >= 15 is 0 Å². The molecule has 1 aliphatic rings. The second kappa shape index (κ2) is 8.02. The molecule has 1 aliphatic heterocycles. The number of amides is 4. The molecule has 2 N–H and O–H groups in total. The van der Waals surface area contributed by atoms with Crippen LogP contribution in [0.1, 0.15) is 18.1 Å². The van der Waals surface area contributed by atoms with E-state index in [4.69, 9.17) is 10.00 Å². The van der Waals surface area contributed by atoms with Gasteiger partial charge < -0.3 is 15.4 Å². The monoisotopic (exact) mass is 392 g/mol. The Balaban J connectivity index is 1.69. The van der Waals surface area contributed by atoms with Gasteiger partial charge in [0, 0.05) is 5.69 Å². The van der Waals surface area contributed by atoms with Gasteiger partial charge in [0.2, 0.25) is 5.91 Å². The fraction of sp³-hybridized carbons (Fsp3) is 0.238. The van der Waals surface area contributed by atoms with E-state index in [2.05, 4.69) is 10.6 Å². The first-order chi connectivity index (χ1) is 13.9. The summed E-state index contributed by atoms with van der Waals surface area (Å²) in [5.74, 6) is -0.376. The number of carbonyl (C=O) groups is 3. The highest BCUT2D eigenvalue weighted by Crippen LogP contribution is 2.30. The van der Waals surface area contributed by atoms with E-state index < -0.39 is 29.9 Å². The molecular formula is C21H20N4O4. The van der Waals surface area contributed by atoms with Crippen LogP contribution in [0, 0.1) is 11.3 Å². The zero-order valence-electron chi connectivity index (χ0n) is 16.1. The van der Waals surface area contributed by atoms with Crippen LogP contribution in [0.2, 0.25) is 0 Å². The van der Waals surface area contributed by atoms with E-state index in [0.717, 1.165) is 10.5 Å². The summed E-state index contributed by atoms with van der Waals surface area (Å²) in [4.78, 5) is 38.5. The molecule has 8 nitrogen and oxygen atoms in total. The molecule has 0 aliphatic carbocycles. The summed E-state index contributed by atoms with van der Waals surface area (Å²) in [5.41, 5.74) is 0.673. The van der Waals surface area contributed by atoms with Crippen molar-refractivity contribution in [2.75, 3.05) is 19.0 Å². The second-order valence-electron chi connectivity index (χ2n) is 6.75. The third-order valence-electron chi connectivity index (χ3n) is 4.76. The Kier molecular flexibility index (Phi) is 5.50. The maximum atomic E-state index is 12.9. The van der Waals surface area contributed by atoms with Gasteiger partial charge >= 0.3 is 6.03 Å². The highest BCUT2D eigenvalue weighted by molar-refractivity contribution is 6.10. The van der Waals surface area contributed by atoms with Crippen LogP contribution >= 0.6 is 0 Å². The number of urea groups is 1. The summed E-state index contributed by atoms with van der Waals surface area (Å²) in [7, 11) is 1.54. The summed E-state index contributed by atoms with van der Waals surface area (Å²) < 4.78 is 5.11. The highest BCUT2D eigenvalue weighted by Gasteiger charge is 2.49. The molecule has 29 heavy (non-hydrogen) atoms. The fourth-order valence-electron chi connectivity index (χ4n) is 3.10. The summed E-state index contributed by atoms with van der Waals surface area (Å²) in [6, 6.07) is 15.0. The molecule has 0 unspecified atom stereocenters. The van der Waals surface area contributed by atoms with Crippen molar-refractivity contribution in [2.45, 2.75) is 18.9 Å². The van der Waals surface area contributed by atoms with Crippen LogP contribution in [0.15, 0.2) is 48.5 Å². The Morgan fingerprint density at radius 1 is 1.17 bits per heavy atom. The van der Waals surface area contributed by atoms with Gasteiger partial charge in [0.1, 0.15) is 17.8 Å². The van der Waals surface area contributed by atoms with Crippen molar-refractivity contribution in [3.8, 4) is 11.8 Å². The number of carbonyl (C=O) groups excluding carboxylic acids is 3. The average Bonchev–Trinajstić information content (AvgIpc) is 2.93. The smallest absolute Gasteiger partial charge is 0.325 e. The Morgan fingerprint density at radius 2 is 1.83 bits per heavy atom. The van der Waals surface area contributed by atoms with Crippen LogP contribution in [0.5, 0.6) is 5.75 Å². The Labute approximate surface area is 168 Å². The first-order valence-corrected chi connectivity index (χ1v) is 8.92. The normalized spacial score (nSPS) is 18.2. The third kappa shape index (κ3) is 4.04. The summed E-state index contributed by atoms with van der Waals surface area (Å²) in [5, 5.41) is 14.0. The fourth-order valence-corrected chi connectivity index (χ4v) is 3.10. The summed E-state index contributed by atoms with van der Waals surface area (Å²) in [6.07, 6.45) is 0.278. The van der Waals surface area contributed by atoms with Crippen LogP contribution in [0.4, 0.5) is 10.5 Å². The van der Waals surface area contributed by atoms with Crippen molar-refractivity contribution < 1.29 is 19.1 Å². The van der Waals surface area contributed by atoms with Gasteiger partial charge in [-0.3, -0.25) is 14.5 Å². The van der Waals surface area contributed by atoms with Crippen molar-refractivity contribution in [1.29, 1.82) is 5.26 Å². The predicted octanol–water partition coefficient (Wildman–Crippen LogP) is 2.17. The zero-order chi connectivity index (χ0) is 21.0. The van der Waals surface area contributed by atoms with Gasteiger partial charge in [-0.1, -0.05) is 24.3 Å². The number of hydrogen-bond acceptors (Lipinski definition) is 5. The van der Waals surface area contributed by atoms with Gasteiger partial charge in [-0.2, -0.15) is 5.26 Å². The molecule has 0 radical (unpaired) electrons. The number of nitriles is 1. The molecule has 1 heterocycles. The van der Waals surface area contributed by atoms with Crippen LogP contribution in [-0.2, 0) is 21.5 Å². The van der Waals surface area contributed by atoms with Gasteiger partial charge in [0.25, 0.3) is 5.91 Å². The molecule has 0 spiro atoms. The Bertz CT molecular complexity index is 979. The SMILES string of the molecule is COc1ccc([C@]2(C)NC(=O)N(CC(=O)Nc3ccc(CC#N)cc3)C2=O)cc1. The van der Waals surface area contributed by atoms with E-state index in [1.165, 1.54) is 7.11 Å². The first kappa shape index (κ1) is 19.9. The molecule has 1 saturated heterocycles. The molecule has 2 aromatic carbocycles. The Hall–Kier alpha value is -3.86. The van der Waals surface area contributed by atoms with Crippen LogP contribution in [-0.4, -0.2) is 36.4 Å². The number of benzene rings is 2. The number of hydrogen-bond donors (Lipinski definition) is 2. The molecule has 0 aromatic heterocycles. The maximum absolute atomic E-state index is 12.9. The number of nitrogens with zero attached hydrogens (tertiary/aromatic N) is 2. The van der Waals surface area contributed by atoms with Crippen molar-refractivity contribution in [3.05, 3.63) is 59.7 Å². The average molecular weight is 392 g/mol. The number of nitrogens with one attached hydrogen (secondary N) is 2. The lowest BCUT2D eigenvalue weighted by molar-refractivity contribution is -0.133. The second-order valence-corrected chi connectivity index (χ2v) is 6.75. The lowest BCUT2D eigenvalue weighted by atomic mass is 9.92. The van der Waals surface area contributed by atoms with Gasteiger partial charge in [-0.05, 0) is 42.3 Å². The number of methoxy groups -OCH3 is 1. The molecule has 4 amide bonds. The van der Waals surface area contributed by atoms with Crippen LogP contribution in [0.25, 0.3) is 0 Å². The summed E-state index contributed by atoms with van der Waals surface area (Å²) >= 11 is 0. The third-order valence-corrected chi connectivity index (χ3v) is 4.76. The van der Waals surface area contributed by atoms with E-state index in [1.54, 1.807) is 55.5 Å². The largest absolute Gasteiger partial charge is 0.497 e. The Morgan fingerprint density at radius 3 is 2.41 bits per heavy atom. The quantitative estimate of drug-likeness (QED) is 0.732. The highest BCUT2D eigenvalue weighted by atomic mass is 16.5. The topological polar surface area (TPSA) is 112 Å². The molecule has 0 saturated carbocycles. The molecule has 148 valence electrons. The minimum atomic E-state index is -1.26. The van der Waals surface area contributed by atoms with E-state index in [1.807, 2.05) is 6.07 Å². The molecule has 1 fully saturated rings. The number of rotatable bonds is 6. The number of imide groups is 1. The minimum Gasteiger partial charge on any atom is -0.497 e.